The smallest absolute Gasteiger partial charge is 0.0313 e. The SMILES string of the molecule is Cc1cncc(CN(C)C2CC2)c1. The van der Waals surface area contributed by atoms with Gasteiger partial charge in [0, 0.05) is 25.0 Å². The third-order valence-electron chi connectivity index (χ3n) is 2.53. The number of hydrogen-bond donors (Lipinski definition) is 0. The Morgan fingerprint density at radius 3 is 2.85 bits per heavy atom. The first-order valence-electron chi connectivity index (χ1n) is 4.86. The molecule has 1 aromatic rings. The van der Waals surface area contributed by atoms with E-state index in [0.717, 1.165) is 12.6 Å². The zero-order valence-electron chi connectivity index (χ0n) is 8.33. The van der Waals surface area contributed by atoms with Crippen LogP contribution >= 0.6 is 0 Å². The van der Waals surface area contributed by atoms with Crippen LogP contribution in [-0.2, 0) is 6.54 Å². The Bertz CT molecular complexity index is 292. The molecule has 2 rings (SSSR count). The summed E-state index contributed by atoms with van der Waals surface area (Å²) in [6.45, 7) is 3.13. The Morgan fingerprint density at radius 2 is 2.23 bits per heavy atom. The summed E-state index contributed by atoms with van der Waals surface area (Å²) in [4.78, 5) is 6.60. The van der Waals surface area contributed by atoms with Gasteiger partial charge in [-0.3, -0.25) is 9.88 Å². The lowest BCUT2D eigenvalue weighted by Gasteiger charge is -2.15. The van der Waals surface area contributed by atoms with Crippen molar-refractivity contribution in [2.45, 2.75) is 32.4 Å². The predicted molar refractivity (Wildman–Crippen MR) is 53.5 cm³/mol. The number of hydrogen-bond acceptors (Lipinski definition) is 2. The van der Waals surface area contributed by atoms with E-state index in [0.29, 0.717) is 0 Å². The van der Waals surface area contributed by atoms with Crippen LogP contribution in [0.2, 0.25) is 0 Å². The lowest BCUT2D eigenvalue weighted by atomic mass is 10.2. The highest BCUT2D eigenvalue weighted by molar-refractivity contribution is 5.16. The van der Waals surface area contributed by atoms with Gasteiger partial charge in [-0.1, -0.05) is 6.07 Å². The molecule has 0 unspecified atom stereocenters. The van der Waals surface area contributed by atoms with Crippen LogP contribution in [0.15, 0.2) is 18.5 Å². The van der Waals surface area contributed by atoms with Crippen LogP contribution in [0.5, 0.6) is 0 Å². The van der Waals surface area contributed by atoms with Gasteiger partial charge < -0.3 is 0 Å². The van der Waals surface area contributed by atoms with Gasteiger partial charge in [0.05, 0.1) is 0 Å². The van der Waals surface area contributed by atoms with Crippen molar-refractivity contribution in [1.82, 2.24) is 9.88 Å². The average molecular weight is 176 g/mol. The quantitative estimate of drug-likeness (QED) is 0.700. The first-order chi connectivity index (χ1) is 6.25. The molecule has 0 atom stereocenters. The van der Waals surface area contributed by atoms with E-state index in [1.165, 1.54) is 24.0 Å². The summed E-state index contributed by atoms with van der Waals surface area (Å²) in [6.07, 6.45) is 6.61. The zero-order valence-corrected chi connectivity index (χ0v) is 8.33. The number of aromatic nitrogens is 1. The lowest BCUT2D eigenvalue weighted by Crippen LogP contribution is -2.19. The summed E-state index contributed by atoms with van der Waals surface area (Å²) < 4.78 is 0. The van der Waals surface area contributed by atoms with Crippen molar-refractivity contribution < 1.29 is 0 Å². The highest BCUT2D eigenvalue weighted by Gasteiger charge is 2.25. The summed E-state index contributed by atoms with van der Waals surface area (Å²) >= 11 is 0. The minimum Gasteiger partial charge on any atom is -0.299 e. The van der Waals surface area contributed by atoms with Crippen molar-refractivity contribution >= 4 is 0 Å². The summed E-state index contributed by atoms with van der Waals surface area (Å²) in [5.74, 6) is 0. The minimum absolute atomic E-state index is 0.834. The van der Waals surface area contributed by atoms with E-state index < -0.39 is 0 Å². The van der Waals surface area contributed by atoms with Gasteiger partial charge in [-0.25, -0.2) is 0 Å². The van der Waals surface area contributed by atoms with Crippen LogP contribution in [0.4, 0.5) is 0 Å². The fourth-order valence-corrected chi connectivity index (χ4v) is 1.64. The Morgan fingerprint density at radius 1 is 1.46 bits per heavy atom. The molecule has 1 fully saturated rings. The van der Waals surface area contributed by atoms with Crippen molar-refractivity contribution in [2.75, 3.05) is 7.05 Å². The fraction of sp³-hybridized carbons (Fsp3) is 0.545. The normalized spacial score (nSPS) is 16.5. The molecule has 70 valence electrons. The summed E-state index contributed by atoms with van der Waals surface area (Å²) in [7, 11) is 2.19. The largest absolute Gasteiger partial charge is 0.299 e. The maximum Gasteiger partial charge on any atom is 0.0313 e. The molecule has 1 aliphatic carbocycles. The number of nitrogens with zero attached hydrogens (tertiary/aromatic N) is 2. The topological polar surface area (TPSA) is 16.1 Å². The first kappa shape index (κ1) is 8.70. The molecule has 0 spiro atoms. The molecule has 1 aromatic heterocycles. The monoisotopic (exact) mass is 176 g/mol. The predicted octanol–water partition coefficient (Wildman–Crippen LogP) is 1.98. The van der Waals surface area contributed by atoms with E-state index in [-0.39, 0.29) is 0 Å². The van der Waals surface area contributed by atoms with E-state index in [1.807, 2.05) is 12.4 Å². The van der Waals surface area contributed by atoms with Gasteiger partial charge in [-0.2, -0.15) is 0 Å². The molecular weight excluding hydrogens is 160 g/mol. The molecule has 2 nitrogen and oxygen atoms in total. The standard InChI is InChI=1S/C11H16N2/c1-9-5-10(7-12-6-9)8-13(2)11-3-4-11/h5-7,11H,3-4,8H2,1-2H3. The molecule has 0 bridgehead atoms. The molecule has 0 saturated heterocycles. The zero-order chi connectivity index (χ0) is 9.26. The number of aryl methyl sites for hydroxylation is 1. The Hall–Kier alpha value is -0.890. The Labute approximate surface area is 79.6 Å². The molecule has 1 saturated carbocycles. The van der Waals surface area contributed by atoms with Gasteiger partial charge in [-0.15, -0.1) is 0 Å². The molecule has 0 radical (unpaired) electrons. The molecular formula is C11H16N2. The van der Waals surface area contributed by atoms with Crippen molar-refractivity contribution in [2.24, 2.45) is 0 Å². The van der Waals surface area contributed by atoms with Crippen LogP contribution in [0.1, 0.15) is 24.0 Å². The second kappa shape index (κ2) is 3.46. The van der Waals surface area contributed by atoms with Crippen LogP contribution in [0.3, 0.4) is 0 Å². The van der Waals surface area contributed by atoms with Crippen molar-refractivity contribution in [1.29, 1.82) is 0 Å². The van der Waals surface area contributed by atoms with Crippen LogP contribution in [0.25, 0.3) is 0 Å². The van der Waals surface area contributed by atoms with Gasteiger partial charge >= 0.3 is 0 Å². The molecule has 2 heteroatoms. The van der Waals surface area contributed by atoms with Crippen molar-refractivity contribution in [3.63, 3.8) is 0 Å². The molecule has 1 heterocycles. The second-order valence-corrected chi connectivity index (χ2v) is 4.02. The van der Waals surface area contributed by atoms with Crippen molar-refractivity contribution in [3.05, 3.63) is 29.6 Å². The first-order valence-corrected chi connectivity index (χ1v) is 4.86. The van der Waals surface area contributed by atoms with Gasteiger partial charge in [0.2, 0.25) is 0 Å². The molecule has 0 aliphatic heterocycles. The lowest BCUT2D eigenvalue weighted by molar-refractivity contribution is 0.316. The van der Waals surface area contributed by atoms with Gasteiger partial charge in [0.15, 0.2) is 0 Å². The Balaban J connectivity index is 2.00. The van der Waals surface area contributed by atoms with E-state index in [1.54, 1.807) is 0 Å². The van der Waals surface area contributed by atoms with Crippen LogP contribution < -0.4 is 0 Å². The van der Waals surface area contributed by atoms with Crippen molar-refractivity contribution in [3.8, 4) is 0 Å². The maximum absolute atomic E-state index is 4.19. The third kappa shape index (κ3) is 2.28. The third-order valence-corrected chi connectivity index (χ3v) is 2.53. The average Bonchev–Trinajstić information content (AvgIpc) is 2.85. The van der Waals surface area contributed by atoms with E-state index >= 15 is 0 Å². The van der Waals surface area contributed by atoms with Gasteiger partial charge in [0.1, 0.15) is 0 Å². The van der Waals surface area contributed by atoms with Crippen LogP contribution in [0, 0.1) is 6.92 Å². The van der Waals surface area contributed by atoms with Gasteiger partial charge in [-0.05, 0) is 37.9 Å². The molecule has 1 aliphatic rings. The highest BCUT2D eigenvalue weighted by Crippen LogP contribution is 2.26. The van der Waals surface area contributed by atoms with Crippen LogP contribution in [-0.4, -0.2) is 23.0 Å². The number of pyridine rings is 1. The summed E-state index contributed by atoms with van der Waals surface area (Å²) in [5.41, 5.74) is 2.58. The highest BCUT2D eigenvalue weighted by atomic mass is 15.1. The summed E-state index contributed by atoms with van der Waals surface area (Å²) in [6, 6.07) is 3.05. The summed E-state index contributed by atoms with van der Waals surface area (Å²) in [5, 5.41) is 0. The molecule has 0 N–H and O–H groups in total. The molecule has 0 amide bonds. The number of rotatable bonds is 3. The van der Waals surface area contributed by atoms with E-state index in [9.17, 15) is 0 Å². The molecule has 13 heavy (non-hydrogen) atoms. The van der Waals surface area contributed by atoms with E-state index in [4.69, 9.17) is 0 Å². The van der Waals surface area contributed by atoms with Gasteiger partial charge in [0.25, 0.3) is 0 Å². The fourth-order valence-electron chi connectivity index (χ4n) is 1.64. The molecule has 0 aromatic carbocycles. The second-order valence-electron chi connectivity index (χ2n) is 4.02. The maximum atomic E-state index is 4.19. The Kier molecular flexibility index (Phi) is 2.32. The minimum atomic E-state index is 0.834. The van der Waals surface area contributed by atoms with E-state index in [2.05, 4.69) is 29.9 Å².